The second-order valence-electron chi connectivity index (χ2n) is 4.12. The fraction of sp³-hybridized carbons (Fsp3) is 0. The summed E-state index contributed by atoms with van der Waals surface area (Å²) < 4.78 is 0. The summed E-state index contributed by atoms with van der Waals surface area (Å²) >= 11 is 0. The molecule has 2 aromatic rings. The number of anilines is 1. The quantitative estimate of drug-likeness (QED) is 0.606. The van der Waals surface area contributed by atoms with Crippen molar-refractivity contribution in [1.82, 2.24) is 0 Å². The molecule has 0 fully saturated rings. The van der Waals surface area contributed by atoms with Gasteiger partial charge in [0.1, 0.15) is 0 Å². The van der Waals surface area contributed by atoms with Gasteiger partial charge in [-0.05, 0) is 17.7 Å². The summed E-state index contributed by atoms with van der Waals surface area (Å²) in [4.78, 5) is 23.6. The topological polar surface area (TPSA) is 49.7 Å². The predicted octanol–water partition coefficient (Wildman–Crippen LogP) is 2.25. The Morgan fingerprint density at radius 2 is 1.58 bits per heavy atom. The molecule has 0 atom stereocenters. The lowest BCUT2D eigenvalue weighted by Gasteiger charge is -2.08. The van der Waals surface area contributed by atoms with Gasteiger partial charge in [-0.25, -0.2) is 0 Å². The SMILES string of the molecule is O=C1C(=O)N(/N=C\c2ccccc2)c2ccccc21. The Morgan fingerprint density at radius 3 is 2.37 bits per heavy atom. The number of nitrogens with zero attached hydrogens (tertiary/aromatic N) is 2. The number of fused-ring (bicyclic) bond motifs is 1. The molecule has 0 saturated carbocycles. The molecule has 0 radical (unpaired) electrons. The third-order valence-electron chi connectivity index (χ3n) is 2.89. The number of amides is 1. The molecule has 0 aliphatic carbocycles. The van der Waals surface area contributed by atoms with Crippen LogP contribution in [0.15, 0.2) is 59.7 Å². The van der Waals surface area contributed by atoms with Crippen molar-refractivity contribution in [3.05, 3.63) is 65.7 Å². The van der Waals surface area contributed by atoms with Crippen LogP contribution in [-0.4, -0.2) is 17.9 Å². The van der Waals surface area contributed by atoms with Crippen LogP contribution in [0.1, 0.15) is 15.9 Å². The Morgan fingerprint density at radius 1 is 0.895 bits per heavy atom. The van der Waals surface area contributed by atoms with Gasteiger partial charge in [-0.1, -0.05) is 42.5 Å². The van der Waals surface area contributed by atoms with Gasteiger partial charge < -0.3 is 0 Å². The minimum Gasteiger partial charge on any atom is -0.283 e. The normalized spacial score (nSPS) is 14.2. The van der Waals surface area contributed by atoms with E-state index in [0.717, 1.165) is 10.6 Å². The minimum atomic E-state index is -0.617. The van der Waals surface area contributed by atoms with Crippen molar-refractivity contribution >= 4 is 23.6 Å². The van der Waals surface area contributed by atoms with Crippen LogP contribution in [-0.2, 0) is 4.79 Å². The summed E-state index contributed by atoms with van der Waals surface area (Å²) in [6, 6.07) is 16.3. The number of ketones is 1. The lowest BCUT2D eigenvalue weighted by atomic mass is 10.1. The highest BCUT2D eigenvalue weighted by molar-refractivity contribution is 6.52. The highest BCUT2D eigenvalue weighted by atomic mass is 16.2. The number of rotatable bonds is 2. The molecule has 1 heterocycles. The van der Waals surface area contributed by atoms with E-state index in [1.165, 1.54) is 0 Å². The van der Waals surface area contributed by atoms with Crippen LogP contribution in [0.5, 0.6) is 0 Å². The molecule has 0 bridgehead atoms. The Balaban J connectivity index is 1.96. The van der Waals surface area contributed by atoms with Gasteiger partial charge in [-0.15, -0.1) is 0 Å². The van der Waals surface area contributed by atoms with E-state index < -0.39 is 11.7 Å². The highest BCUT2D eigenvalue weighted by Gasteiger charge is 2.35. The molecular weight excluding hydrogens is 240 g/mol. The summed E-state index contributed by atoms with van der Waals surface area (Å²) in [6.45, 7) is 0. The fourth-order valence-corrected chi connectivity index (χ4v) is 1.95. The van der Waals surface area contributed by atoms with Crippen LogP contribution in [0.3, 0.4) is 0 Å². The molecule has 0 saturated heterocycles. The second kappa shape index (κ2) is 4.49. The number of carbonyl (C=O) groups excluding carboxylic acids is 2. The van der Waals surface area contributed by atoms with E-state index >= 15 is 0 Å². The molecule has 3 rings (SSSR count). The number of hydrogen-bond acceptors (Lipinski definition) is 3. The minimum absolute atomic E-state index is 0.401. The molecule has 0 N–H and O–H groups in total. The molecule has 19 heavy (non-hydrogen) atoms. The van der Waals surface area contributed by atoms with Crippen molar-refractivity contribution in [3.8, 4) is 0 Å². The average Bonchev–Trinajstić information content (AvgIpc) is 2.71. The van der Waals surface area contributed by atoms with Gasteiger partial charge in [0, 0.05) is 0 Å². The number of benzene rings is 2. The van der Waals surface area contributed by atoms with E-state index in [2.05, 4.69) is 5.10 Å². The van der Waals surface area contributed by atoms with Crippen LogP contribution in [0.4, 0.5) is 5.69 Å². The van der Waals surface area contributed by atoms with Crippen molar-refractivity contribution in [3.63, 3.8) is 0 Å². The van der Waals surface area contributed by atoms with Crippen LogP contribution < -0.4 is 5.01 Å². The Bertz CT molecular complexity index is 678. The average molecular weight is 250 g/mol. The molecule has 1 aliphatic heterocycles. The summed E-state index contributed by atoms with van der Waals surface area (Å²) in [5, 5.41) is 5.25. The molecule has 4 heteroatoms. The van der Waals surface area contributed by atoms with Crippen molar-refractivity contribution < 1.29 is 9.59 Å². The second-order valence-corrected chi connectivity index (χ2v) is 4.12. The van der Waals surface area contributed by atoms with E-state index in [1.54, 1.807) is 30.5 Å². The molecule has 1 aliphatic rings. The Hall–Kier alpha value is -2.75. The predicted molar refractivity (Wildman–Crippen MR) is 72.3 cm³/mol. The third-order valence-corrected chi connectivity index (χ3v) is 2.89. The first kappa shape index (κ1) is 11.3. The van der Waals surface area contributed by atoms with Gasteiger partial charge in [0.25, 0.3) is 5.78 Å². The number of Topliss-reactive ketones (excluding diaryl/α,β-unsaturated/α-hetero) is 1. The Kier molecular flexibility index (Phi) is 2.68. The molecule has 4 nitrogen and oxygen atoms in total. The fourth-order valence-electron chi connectivity index (χ4n) is 1.95. The standard InChI is InChI=1S/C15H10N2O2/c18-14-12-8-4-5-9-13(12)17(15(14)19)16-10-11-6-2-1-3-7-11/h1-10H/b16-10-. The molecular formula is C15H10N2O2. The maximum absolute atomic E-state index is 11.8. The molecule has 0 unspecified atom stereocenters. The van der Waals surface area contributed by atoms with Crippen LogP contribution in [0.2, 0.25) is 0 Å². The smallest absolute Gasteiger partial charge is 0.283 e. The van der Waals surface area contributed by atoms with E-state index in [0.29, 0.717) is 11.3 Å². The van der Waals surface area contributed by atoms with Gasteiger partial charge in [0.15, 0.2) is 0 Å². The lowest BCUT2D eigenvalue weighted by molar-refractivity contribution is -0.114. The summed E-state index contributed by atoms with van der Waals surface area (Å²) in [7, 11) is 0. The largest absolute Gasteiger partial charge is 0.319 e. The highest BCUT2D eigenvalue weighted by Crippen LogP contribution is 2.28. The van der Waals surface area contributed by atoms with Gasteiger partial charge in [-0.2, -0.15) is 10.1 Å². The monoisotopic (exact) mass is 250 g/mol. The van der Waals surface area contributed by atoms with E-state index in [9.17, 15) is 9.59 Å². The van der Waals surface area contributed by atoms with Gasteiger partial charge in [0.05, 0.1) is 17.5 Å². The molecule has 0 spiro atoms. The first-order valence-corrected chi connectivity index (χ1v) is 5.84. The van der Waals surface area contributed by atoms with Crippen molar-refractivity contribution in [2.45, 2.75) is 0 Å². The molecule has 2 aromatic carbocycles. The van der Waals surface area contributed by atoms with Crippen molar-refractivity contribution in [2.24, 2.45) is 5.10 Å². The maximum atomic E-state index is 11.8. The van der Waals surface area contributed by atoms with Crippen LogP contribution >= 0.6 is 0 Å². The number of hydrogen-bond donors (Lipinski definition) is 0. The zero-order valence-electron chi connectivity index (χ0n) is 9.98. The van der Waals surface area contributed by atoms with E-state index in [-0.39, 0.29) is 0 Å². The van der Waals surface area contributed by atoms with Crippen molar-refractivity contribution in [1.29, 1.82) is 0 Å². The van der Waals surface area contributed by atoms with Gasteiger partial charge >= 0.3 is 5.91 Å². The number of hydrazone groups is 1. The van der Waals surface area contributed by atoms with Crippen molar-refractivity contribution in [2.75, 3.05) is 5.01 Å². The summed E-state index contributed by atoms with van der Waals surface area (Å²) in [6.07, 6.45) is 1.56. The molecule has 1 amide bonds. The van der Waals surface area contributed by atoms with E-state index in [1.807, 2.05) is 30.3 Å². The zero-order valence-corrected chi connectivity index (χ0v) is 9.98. The zero-order chi connectivity index (χ0) is 13.2. The van der Waals surface area contributed by atoms with Gasteiger partial charge in [-0.3, -0.25) is 9.59 Å². The first-order valence-electron chi connectivity index (χ1n) is 5.84. The van der Waals surface area contributed by atoms with Crippen LogP contribution in [0, 0.1) is 0 Å². The van der Waals surface area contributed by atoms with Crippen LogP contribution in [0.25, 0.3) is 0 Å². The molecule has 92 valence electrons. The Labute approximate surface area is 110 Å². The third kappa shape index (κ3) is 1.93. The maximum Gasteiger partial charge on any atom is 0.319 e. The van der Waals surface area contributed by atoms with E-state index in [4.69, 9.17) is 0 Å². The number of para-hydroxylation sites is 1. The summed E-state index contributed by atoms with van der Waals surface area (Å²) in [5.41, 5.74) is 1.80. The lowest BCUT2D eigenvalue weighted by Crippen LogP contribution is -2.24. The van der Waals surface area contributed by atoms with Gasteiger partial charge in [0.2, 0.25) is 0 Å². The summed E-state index contributed by atoms with van der Waals surface area (Å²) in [5.74, 6) is -1.13. The molecule has 0 aromatic heterocycles. The first-order chi connectivity index (χ1) is 9.27. The number of carbonyl (C=O) groups is 2.